The minimum absolute atomic E-state index is 0.0283. The molecule has 146 valence electrons. The van der Waals surface area contributed by atoms with E-state index in [0.717, 1.165) is 24.8 Å². The molecule has 8 heteroatoms. The first-order valence-electron chi connectivity index (χ1n) is 8.85. The first kappa shape index (κ1) is 18.5. The largest absolute Gasteiger partial charge is 0.493 e. The van der Waals surface area contributed by atoms with Gasteiger partial charge in [-0.1, -0.05) is 12.1 Å². The predicted octanol–water partition coefficient (Wildman–Crippen LogP) is 2.22. The van der Waals surface area contributed by atoms with Gasteiger partial charge in [0.25, 0.3) is 15.9 Å². The van der Waals surface area contributed by atoms with Crippen molar-refractivity contribution >= 4 is 21.7 Å². The number of nitrogens with zero attached hydrogens (tertiary/aromatic N) is 1. The van der Waals surface area contributed by atoms with Crippen LogP contribution < -0.4 is 9.47 Å². The summed E-state index contributed by atoms with van der Waals surface area (Å²) in [6.07, 6.45) is 2.94. The molecule has 0 fully saturated rings. The number of benzene rings is 2. The average Bonchev–Trinajstić information content (AvgIpc) is 3.23. The van der Waals surface area contributed by atoms with Crippen LogP contribution in [0.25, 0.3) is 0 Å². The average molecular weight is 401 g/mol. The predicted molar refractivity (Wildman–Crippen MR) is 101 cm³/mol. The highest BCUT2D eigenvalue weighted by molar-refractivity contribution is 7.90. The van der Waals surface area contributed by atoms with Crippen LogP contribution in [-0.4, -0.2) is 45.2 Å². The summed E-state index contributed by atoms with van der Waals surface area (Å²) in [6, 6.07) is 7.98. The van der Waals surface area contributed by atoms with E-state index in [0.29, 0.717) is 9.87 Å². The Kier molecular flexibility index (Phi) is 4.38. The Hall–Kier alpha value is -2.87. The van der Waals surface area contributed by atoms with E-state index in [9.17, 15) is 18.0 Å². The summed E-state index contributed by atoms with van der Waals surface area (Å²) in [5.41, 5.74) is 2.71. The molecule has 0 atom stereocenters. The molecule has 1 amide bonds. The molecule has 0 N–H and O–H groups in total. The van der Waals surface area contributed by atoms with Gasteiger partial charge in [0, 0.05) is 11.6 Å². The third kappa shape index (κ3) is 2.75. The van der Waals surface area contributed by atoms with Crippen LogP contribution in [0.1, 0.15) is 38.3 Å². The van der Waals surface area contributed by atoms with Crippen molar-refractivity contribution in [3.63, 3.8) is 0 Å². The summed E-state index contributed by atoms with van der Waals surface area (Å²) in [7, 11) is -1.37. The SMILES string of the molecule is COc1cc2c(cc1OC)S(=O)(=O)N(CC(=O)c1ccc3c(c1)CCC3)C2=O. The molecule has 28 heavy (non-hydrogen) atoms. The Morgan fingerprint density at radius 1 is 1.04 bits per heavy atom. The van der Waals surface area contributed by atoms with E-state index in [4.69, 9.17) is 9.47 Å². The minimum atomic E-state index is -4.14. The Morgan fingerprint density at radius 2 is 1.71 bits per heavy atom. The van der Waals surface area contributed by atoms with Gasteiger partial charge in [-0.15, -0.1) is 0 Å². The molecule has 4 rings (SSSR count). The zero-order valence-electron chi connectivity index (χ0n) is 15.5. The van der Waals surface area contributed by atoms with Crippen molar-refractivity contribution in [2.45, 2.75) is 24.2 Å². The molecule has 0 bridgehead atoms. The maximum Gasteiger partial charge on any atom is 0.269 e. The fourth-order valence-electron chi connectivity index (χ4n) is 3.73. The molecule has 0 saturated heterocycles. The Morgan fingerprint density at radius 3 is 2.43 bits per heavy atom. The van der Waals surface area contributed by atoms with Crippen molar-refractivity contribution in [1.82, 2.24) is 4.31 Å². The van der Waals surface area contributed by atoms with Crippen LogP contribution in [-0.2, 0) is 22.9 Å². The molecule has 0 aromatic heterocycles. The number of carbonyl (C=O) groups excluding carboxylic acids is 2. The van der Waals surface area contributed by atoms with E-state index in [1.165, 1.54) is 31.9 Å². The van der Waals surface area contributed by atoms with Gasteiger partial charge in [0.05, 0.1) is 19.8 Å². The number of rotatable bonds is 5. The van der Waals surface area contributed by atoms with E-state index in [-0.39, 0.29) is 22.0 Å². The number of aryl methyl sites for hydroxylation is 2. The van der Waals surface area contributed by atoms with Crippen LogP contribution in [0.3, 0.4) is 0 Å². The van der Waals surface area contributed by atoms with Crippen LogP contribution in [0.5, 0.6) is 11.5 Å². The molecule has 2 aromatic rings. The standard InChI is InChI=1S/C20H19NO6S/c1-26-17-9-15-19(10-18(17)27-2)28(24,25)21(20(15)23)11-16(22)14-7-6-12-4-3-5-13(12)8-14/h6-10H,3-5,11H2,1-2H3. The van der Waals surface area contributed by atoms with Crippen molar-refractivity contribution in [3.05, 3.63) is 52.6 Å². The van der Waals surface area contributed by atoms with Crippen molar-refractivity contribution in [1.29, 1.82) is 0 Å². The Balaban J connectivity index is 1.67. The van der Waals surface area contributed by atoms with Gasteiger partial charge in [-0.25, -0.2) is 12.7 Å². The monoisotopic (exact) mass is 401 g/mol. The first-order chi connectivity index (χ1) is 13.4. The molecule has 0 saturated carbocycles. The van der Waals surface area contributed by atoms with Gasteiger partial charge in [-0.3, -0.25) is 9.59 Å². The lowest BCUT2D eigenvalue weighted by Crippen LogP contribution is -2.35. The lowest BCUT2D eigenvalue weighted by Gasteiger charge is -2.14. The van der Waals surface area contributed by atoms with E-state index in [2.05, 4.69) is 0 Å². The van der Waals surface area contributed by atoms with Crippen LogP contribution in [0.2, 0.25) is 0 Å². The number of fused-ring (bicyclic) bond motifs is 2. The molecule has 1 aliphatic carbocycles. The summed E-state index contributed by atoms with van der Waals surface area (Å²) in [5.74, 6) is -0.718. The maximum absolute atomic E-state index is 12.9. The summed E-state index contributed by atoms with van der Waals surface area (Å²) < 4.78 is 36.6. The van der Waals surface area contributed by atoms with Crippen LogP contribution in [0.15, 0.2) is 35.2 Å². The molecule has 1 heterocycles. The van der Waals surface area contributed by atoms with E-state index < -0.39 is 28.3 Å². The van der Waals surface area contributed by atoms with Crippen LogP contribution in [0, 0.1) is 0 Å². The number of ketones is 1. The zero-order valence-corrected chi connectivity index (χ0v) is 16.3. The fourth-order valence-corrected chi connectivity index (χ4v) is 5.25. The normalized spacial score (nSPS) is 16.6. The fraction of sp³-hybridized carbons (Fsp3) is 0.300. The van der Waals surface area contributed by atoms with Gasteiger partial charge in [-0.2, -0.15) is 0 Å². The Labute approximate surface area is 162 Å². The van der Waals surface area contributed by atoms with Gasteiger partial charge in [0.1, 0.15) is 11.4 Å². The molecule has 2 aliphatic rings. The summed E-state index contributed by atoms with van der Waals surface area (Å²) in [6.45, 7) is -0.542. The first-order valence-corrected chi connectivity index (χ1v) is 10.3. The highest BCUT2D eigenvalue weighted by Crippen LogP contribution is 2.38. The third-order valence-corrected chi connectivity index (χ3v) is 6.99. The smallest absolute Gasteiger partial charge is 0.269 e. The topological polar surface area (TPSA) is 90.0 Å². The summed E-state index contributed by atoms with van der Waals surface area (Å²) in [5, 5.41) is 0. The lowest BCUT2D eigenvalue weighted by atomic mass is 10.0. The van der Waals surface area contributed by atoms with E-state index in [1.807, 2.05) is 6.07 Å². The number of ether oxygens (including phenoxy) is 2. The number of methoxy groups -OCH3 is 2. The molecule has 0 spiro atoms. The number of sulfonamides is 1. The van der Waals surface area contributed by atoms with Crippen molar-refractivity contribution in [2.24, 2.45) is 0 Å². The third-order valence-electron chi connectivity index (χ3n) is 5.22. The van der Waals surface area contributed by atoms with Crippen molar-refractivity contribution < 1.29 is 27.5 Å². The molecular formula is C20H19NO6S. The van der Waals surface area contributed by atoms with Crippen molar-refractivity contribution in [2.75, 3.05) is 20.8 Å². The maximum atomic E-state index is 12.9. The highest BCUT2D eigenvalue weighted by Gasteiger charge is 2.43. The van der Waals surface area contributed by atoms with Gasteiger partial charge in [0.2, 0.25) is 0 Å². The highest BCUT2D eigenvalue weighted by atomic mass is 32.2. The number of carbonyl (C=O) groups is 2. The quantitative estimate of drug-likeness (QED) is 0.714. The molecular weight excluding hydrogens is 382 g/mol. The van der Waals surface area contributed by atoms with Gasteiger partial charge < -0.3 is 9.47 Å². The van der Waals surface area contributed by atoms with E-state index >= 15 is 0 Å². The second-order valence-electron chi connectivity index (χ2n) is 6.78. The van der Waals surface area contributed by atoms with Gasteiger partial charge in [0.15, 0.2) is 17.3 Å². The second-order valence-corrected chi connectivity index (χ2v) is 8.61. The zero-order chi connectivity index (χ0) is 20.1. The van der Waals surface area contributed by atoms with Gasteiger partial charge >= 0.3 is 0 Å². The number of hydrogen-bond acceptors (Lipinski definition) is 6. The lowest BCUT2D eigenvalue weighted by molar-refractivity contribution is 0.0820. The summed E-state index contributed by atoms with van der Waals surface area (Å²) in [4.78, 5) is 25.3. The minimum Gasteiger partial charge on any atom is -0.493 e. The second kappa shape index (κ2) is 6.63. The Bertz CT molecular complexity index is 1110. The van der Waals surface area contributed by atoms with Gasteiger partial charge in [-0.05, 0) is 42.5 Å². The molecule has 1 aliphatic heterocycles. The van der Waals surface area contributed by atoms with Crippen molar-refractivity contribution in [3.8, 4) is 11.5 Å². The molecule has 7 nitrogen and oxygen atoms in total. The number of hydrogen-bond donors (Lipinski definition) is 0. The molecule has 0 unspecified atom stereocenters. The molecule has 2 aromatic carbocycles. The number of Topliss-reactive ketones (excluding diaryl/α,β-unsaturated/α-hetero) is 1. The number of amides is 1. The molecule has 0 radical (unpaired) electrons. The van der Waals surface area contributed by atoms with Crippen LogP contribution in [0.4, 0.5) is 0 Å². The van der Waals surface area contributed by atoms with Crippen LogP contribution >= 0.6 is 0 Å². The van der Waals surface area contributed by atoms with E-state index in [1.54, 1.807) is 12.1 Å². The summed E-state index contributed by atoms with van der Waals surface area (Å²) >= 11 is 0.